The molecule has 2 rings (SSSR count). The minimum Gasteiger partial charge on any atom is -0.464 e. The number of nitrogens with zero attached hydrogens (tertiary/aromatic N) is 1. The Kier molecular flexibility index (Phi) is 7.56. The van der Waals surface area contributed by atoms with Crippen molar-refractivity contribution in [1.82, 2.24) is 10.6 Å². The van der Waals surface area contributed by atoms with Gasteiger partial charge in [-0.05, 0) is 51.7 Å². The van der Waals surface area contributed by atoms with Crippen molar-refractivity contribution in [3.63, 3.8) is 0 Å². The molecule has 0 aromatic carbocycles. The van der Waals surface area contributed by atoms with Crippen LogP contribution in [0.15, 0.2) is 21.5 Å². The molecular formula is C16H28IN3O. The van der Waals surface area contributed by atoms with Crippen molar-refractivity contribution in [2.45, 2.75) is 59.0 Å². The average Bonchev–Trinajstić information content (AvgIpc) is 2.97. The number of furan rings is 1. The lowest BCUT2D eigenvalue weighted by Crippen LogP contribution is -2.40. The van der Waals surface area contributed by atoms with Gasteiger partial charge in [0.2, 0.25) is 0 Å². The van der Waals surface area contributed by atoms with Gasteiger partial charge in [0.1, 0.15) is 11.5 Å². The molecule has 1 aromatic heterocycles. The highest BCUT2D eigenvalue weighted by molar-refractivity contribution is 14.0. The first-order chi connectivity index (χ1) is 9.63. The van der Waals surface area contributed by atoms with Gasteiger partial charge in [-0.1, -0.05) is 13.3 Å². The Bertz CT molecular complexity index is 458. The molecule has 3 atom stereocenters. The van der Waals surface area contributed by atoms with Crippen molar-refractivity contribution in [3.05, 3.63) is 23.7 Å². The standard InChI is InChI=1S/C16H27N3O.HI/c1-5-7-13-10-14(13)19-16(17-6-2)18-12(4)15-9-8-11(3)20-15;/h8-9,12-14H,5-7,10H2,1-4H3,(H2,17,18,19);1H. The second-order valence-corrected chi connectivity index (χ2v) is 5.67. The van der Waals surface area contributed by atoms with E-state index in [2.05, 4.69) is 36.4 Å². The maximum Gasteiger partial charge on any atom is 0.192 e. The van der Waals surface area contributed by atoms with E-state index in [4.69, 9.17) is 4.42 Å². The number of hydrogen-bond acceptors (Lipinski definition) is 2. The van der Waals surface area contributed by atoms with Crippen molar-refractivity contribution >= 4 is 29.9 Å². The van der Waals surface area contributed by atoms with Crippen molar-refractivity contribution < 1.29 is 4.42 Å². The fourth-order valence-electron chi connectivity index (χ4n) is 2.54. The topological polar surface area (TPSA) is 49.6 Å². The molecule has 0 radical (unpaired) electrons. The minimum absolute atomic E-state index is 0. The van der Waals surface area contributed by atoms with Gasteiger partial charge >= 0.3 is 0 Å². The molecule has 2 N–H and O–H groups in total. The molecule has 1 saturated carbocycles. The van der Waals surface area contributed by atoms with Gasteiger partial charge in [-0.25, -0.2) is 0 Å². The molecule has 0 bridgehead atoms. The molecule has 1 aliphatic carbocycles. The third-order valence-electron chi connectivity index (χ3n) is 3.76. The second-order valence-electron chi connectivity index (χ2n) is 5.67. The van der Waals surface area contributed by atoms with Gasteiger partial charge in [-0.2, -0.15) is 0 Å². The molecule has 0 spiro atoms. The molecule has 5 heteroatoms. The van der Waals surface area contributed by atoms with E-state index in [1.54, 1.807) is 0 Å². The van der Waals surface area contributed by atoms with Gasteiger partial charge in [0, 0.05) is 12.6 Å². The Morgan fingerprint density at radius 2 is 2.19 bits per heavy atom. The lowest BCUT2D eigenvalue weighted by atomic mass is 10.2. The van der Waals surface area contributed by atoms with Crippen molar-refractivity contribution in [2.75, 3.05) is 6.54 Å². The summed E-state index contributed by atoms with van der Waals surface area (Å²) in [6.45, 7) is 9.15. The lowest BCUT2D eigenvalue weighted by Gasteiger charge is -2.17. The van der Waals surface area contributed by atoms with Crippen LogP contribution in [-0.4, -0.2) is 18.5 Å². The van der Waals surface area contributed by atoms with Gasteiger partial charge in [0.25, 0.3) is 0 Å². The maximum atomic E-state index is 5.66. The Morgan fingerprint density at radius 1 is 1.43 bits per heavy atom. The van der Waals surface area contributed by atoms with Crippen molar-refractivity contribution in [1.29, 1.82) is 0 Å². The van der Waals surface area contributed by atoms with Crippen LogP contribution in [0.3, 0.4) is 0 Å². The summed E-state index contributed by atoms with van der Waals surface area (Å²) in [5, 5.41) is 6.96. The zero-order chi connectivity index (χ0) is 14.5. The summed E-state index contributed by atoms with van der Waals surface area (Å²) in [5.74, 6) is 3.62. The summed E-state index contributed by atoms with van der Waals surface area (Å²) >= 11 is 0. The largest absolute Gasteiger partial charge is 0.464 e. The van der Waals surface area contributed by atoms with Crippen molar-refractivity contribution in [2.24, 2.45) is 10.9 Å². The Labute approximate surface area is 145 Å². The first-order valence-corrected chi connectivity index (χ1v) is 7.77. The van der Waals surface area contributed by atoms with Gasteiger partial charge in [0.15, 0.2) is 5.96 Å². The predicted octanol–water partition coefficient (Wildman–Crippen LogP) is 4.01. The summed E-state index contributed by atoms with van der Waals surface area (Å²) in [5.41, 5.74) is 0. The van der Waals surface area contributed by atoms with Crippen LogP contribution in [0.1, 0.15) is 57.6 Å². The number of aliphatic imine (C=N–C) groups is 1. The van der Waals surface area contributed by atoms with Crippen molar-refractivity contribution in [3.8, 4) is 0 Å². The number of nitrogens with one attached hydrogen (secondary N) is 2. The first kappa shape index (κ1) is 18.3. The smallest absolute Gasteiger partial charge is 0.192 e. The third-order valence-corrected chi connectivity index (χ3v) is 3.76. The Hall–Kier alpha value is -0.720. The molecule has 0 saturated heterocycles. The number of aryl methyl sites for hydroxylation is 1. The fourth-order valence-corrected chi connectivity index (χ4v) is 2.54. The summed E-state index contributed by atoms with van der Waals surface area (Å²) in [7, 11) is 0. The van der Waals surface area contributed by atoms with E-state index in [1.807, 2.05) is 19.1 Å². The van der Waals surface area contributed by atoms with E-state index in [1.165, 1.54) is 19.3 Å². The summed E-state index contributed by atoms with van der Waals surface area (Å²) in [6, 6.07) is 4.74. The summed E-state index contributed by atoms with van der Waals surface area (Å²) in [6.07, 6.45) is 3.84. The molecule has 0 aliphatic heterocycles. The quantitative estimate of drug-likeness (QED) is 0.427. The van der Waals surface area contributed by atoms with Crippen LogP contribution in [0.4, 0.5) is 0 Å². The SMILES string of the molecule is CCCC1CC1NC(=NCC)NC(C)c1ccc(C)o1.I. The number of rotatable bonds is 6. The van der Waals surface area contributed by atoms with Crippen LogP contribution in [0.2, 0.25) is 0 Å². The van der Waals surface area contributed by atoms with Gasteiger partial charge < -0.3 is 15.1 Å². The fraction of sp³-hybridized carbons (Fsp3) is 0.688. The summed E-state index contributed by atoms with van der Waals surface area (Å²) in [4.78, 5) is 4.52. The molecule has 1 aliphatic rings. The highest BCUT2D eigenvalue weighted by Crippen LogP contribution is 2.34. The van der Waals surface area contributed by atoms with Crippen LogP contribution in [-0.2, 0) is 0 Å². The number of guanidine groups is 1. The Balaban J connectivity index is 0.00000220. The first-order valence-electron chi connectivity index (χ1n) is 7.77. The second kappa shape index (κ2) is 8.66. The molecule has 1 fully saturated rings. The number of hydrogen-bond donors (Lipinski definition) is 2. The molecule has 120 valence electrons. The highest BCUT2D eigenvalue weighted by Gasteiger charge is 2.36. The van der Waals surface area contributed by atoms with Crippen LogP contribution in [0.5, 0.6) is 0 Å². The highest BCUT2D eigenvalue weighted by atomic mass is 127. The molecule has 0 amide bonds. The molecular weight excluding hydrogens is 377 g/mol. The van der Waals surface area contributed by atoms with Crippen LogP contribution < -0.4 is 10.6 Å². The van der Waals surface area contributed by atoms with Gasteiger partial charge in [-0.15, -0.1) is 24.0 Å². The molecule has 4 nitrogen and oxygen atoms in total. The zero-order valence-corrected chi connectivity index (χ0v) is 15.8. The average molecular weight is 405 g/mol. The summed E-state index contributed by atoms with van der Waals surface area (Å²) < 4.78 is 5.66. The van der Waals surface area contributed by atoms with E-state index in [0.29, 0.717) is 6.04 Å². The predicted molar refractivity (Wildman–Crippen MR) is 98.3 cm³/mol. The van der Waals surface area contributed by atoms with E-state index in [0.717, 1.165) is 29.9 Å². The third kappa shape index (κ3) is 5.52. The van der Waals surface area contributed by atoms with Crippen LogP contribution in [0, 0.1) is 12.8 Å². The molecule has 21 heavy (non-hydrogen) atoms. The minimum atomic E-state index is 0. The zero-order valence-electron chi connectivity index (χ0n) is 13.5. The normalized spacial score (nSPS) is 22.4. The molecule has 1 aromatic rings. The van der Waals surface area contributed by atoms with E-state index >= 15 is 0 Å². The van der Waals surface area contributed by atoms with E-state index in [9.17, 15) is 0 Å². The van der Waals surface area contributed by atoms with Gasteiger partial charge in [-0.3, -0.25) is 4.99 Å². The van der Waals surface area contributed by atoms with Gasteiger partial charge in [0.05, 0.1) is 6.04 Å². The van der Waals surface area contributed by atoms with Crippen LogP contribution in [0.25, 0.3) is 0 Å². The number of halogens is 1. The van der Waals surface area contributed by atoms with Crippen LogP contribution >= 0.6 is 24.0 Å². The van der Waals surface area contributed by atoms with E-state index in [-0.39, 0.29) is 30.0 Å². The molecule has 3 unspecified atom stereocenters. The van der Waals surface area contributed by atoms with E-state index < -0.39 is 0 Å². The Morgan fingerprint density at radius 3 is 2.76 bits per heavy atom. The lowest BCUT2D eigenvalue weighted by molar-refractivity contribution is 0.441. The maximum absolute atomic E-state index is 5.66. The monoisotopic (exact) mass is 405 g/mol. The molecule has 1 heterocycles.